The Hall–Kier alpha value is -3.13. The van der Waals surface area contributed by atoms with Gasteiger partial charge in [0.1, 0.15) is 17.5 Å². The number of amides is 1. The Morgan fingerprint density at radius 3 is 2.75 bits per heavy atom. The van der Waals surface area contributed by atoms with E-state index in [0.29, 0.717) is 17.1 Å². The van der Waals surface area contributed by atoms with Gasteiger partial charge < -0.3 is 19.9 Å². The molecular formula is C20H19NO6S. The van der Waals surface area contributed by atoms with Crippen LogP contribution >= 0.6 is 11.3 Å². The van der Waals surface area contributed by atoms with Gasteiger partial charge in [-0.2, -0.15) is 0 Å². The fourth-order valence-electron chi connectivity index (χ4n) is 2.64. The number of benzene rings is 1. The highest BCUT2D eigenvalue weighted by atomic mass is 32.1. The van der Waals surface area contributed by atoms with Crippen LogP contribution < -0.4 is 14.8 Å². The van der Waals surface area contributed by atoms with Crippen molar-refractivity contribution in [3.8, 4) is 11.5 Å². The zero-order chi connectivity index (χ0) is 20.3. The fraction of sp³-hybridized carbons (Fsp3) is 0.250. The third kappa shape index (κ3) is 4.40. The number of thiophene rings is 1. The van der Waals surface area contributed by atoms with E-state index in [1.54, 1.807) is 32.1 Å². The van der Waals surface area contributed by atoms with Crippen LogP contribution in [0.15, 0.2) is 41.5 Å². The molecule has 0 bridgehead atoms. The molecule has 1 atom stereocenters. The number of Topliss-reactive ketones (excluding diaryl/α,β-unsaturated/α-hetero) is 1. The van der Waals surface area contributed by atoms with Crippen LogP contribution in [0.4, 0.5) is 0 Å². The number of rotatable bonds is 7. The maximum atomic E-state index is 12.4. The van der Waals surface area contributed by atoms with E-state index < -0.39 is 17.9 Å². The second-order valence-electron chi connectivity index (χ2n) is 6.53. The number of carboxylic acid groups (broad SMARTS) is 1. The van der Waals surface area contributed by atoms with Crippen molar-refractivity contribution in [2.75, 3.05) is 6.61 Å². The van der Waals surface area contributed by atoms with Gasteiger partial charge in [-0.25, -0.2) is 4.79 Å². The number of aliphatic carboxylic acids is 1. The van der Waals surface area contributed by atoms with Crippen molar-refractivity contribution in [1.29, 1.82) is 0 Å². The number of carboxylic acids is 1. The van der Waals surface area contributed by atoms with E-state index in [4.69, 9.17) is 14.6 Å². The first-order valence-corrected chi connectivity index (χ1v) is 9.50. The zero-order valence-electron chi connectivity index (χ0n) is 15.3. The van der Waals surface area contributed by atoms with Crippen molar-refractivity contribution < 1.29 is 29.0 Å². The van der Waals surface area contributed by atoms with Gasteiger partial charge in [-0.1, -0.05) is 19.9 Å². The molecule has 2 aromatic rings. The van der Waals surface area contributed by atoms with Crippen molar-refractivity contribution >= 4 is 35.1 Å². The number of ketones is 1. The molecule has 3 rings (SSSR count). The van der Waals surface area contributed by atoms with Gasteiger partial charge in [0.25, 0.3) is 5.91 Å². The van der Waals surface area contributed by atoms with Crippen LogP contribution in [0.1, 0.15) is 29.1 Å². The molecule has 0 spiro atoms. The summed E-state index contributed by atoms with van der Waals surface area (Å²) in [6, 6.07) is 7.46. The lowest BCUT2D eigenvalue weighted by molar-refractivity contribution is -0.143. The summed E-state index contributed by atoms with van der Waals surface area (Å²) in [5, 5.41) is 13.4. The summed E-state index contributed by atoms with van der Waals surface area (Å²) in [6.07, 6.45) is 1.68. The number of hydrogen-bond acceptors (Lipinski definition) is 6. The number of ether oxygens (including phenoxy) is 2. The summed E-state index contributed by atoms with van der Waals surface area (Å²) in [6.45, 7) is 3.06. The van der Waals surface area contributed by atoms with Crippen LogP contribution in [0.25, 0.3) is 6.08 Å². The van der Waals surface area contributed by atoms with E-state index in [9.17, 15) is 14.4 Å². The van der Waals surface area contributed by atoms with Gasteiger partial charge >= 0.3 is 5.97 Å². The monoisotopic (exact) mass is 401 g/mol. The van der Waals surface area contributed by atoms with Gasteiger partial charge in [-0.3, -0.25) is 9.59 Å². The molecular weight excluding hydrogens is 382 g/mol. The molecule has 7 nitrogen and oxygen atoms in total. The van der Waals surface area contributed by atoms with Gasteiger partial charge in [0.05, 0.1) is 5.56 Å². The van der Waals surface area contributed by atoms with Gasteiger partial charge in [-0.05, 0) is 29.5 Å². The molecule has 1 aromatic heterocycles. The van der Waals surface area contributed by atoms with Crippen LogP contribution in [0.3, 0.4) is 0 Å². The lowest BCUT2D eigenvalue weighted by Crippen LogP contribution is -2.46. The van der Waals surface area contributed by atoms with Gasteiger partial charge in [0, 0.05) is 17.0 Å². The van der Waals surface area contributed by atoms with Crippen molar-refractivity contribution in [1.82, 2.24) is 5.32 Å². The van der Waals surface area contributed by atoms with E-state index >= 15 is 0 Å². The van der Waals surface area contributed by atoms with E-state index in [2.05, 4.69) is 5.32 Å². The minimum absolute atomic E-state index is 0.214. The summed E-state index contributed by atoms with van der Waals surface area (Å²) >= 11 is 1.49. The first-order valence-electron chi connectivity index (χ1n) is 8.62. The number of carbonyl (C=O) groups is 3. The highest BCUT2D eigenvalue weighted by Crippen LogP contribution is 2.35. The maximum Gasteiger partial charge on any atom is 0.326 e. The van der Waals surface area contributed by atoms with Crippen LogP contribution in [-0.4, -0.2) is 35.4 Å². The molecule has 0 unspecified atom stereocenters. The first-order chi connectivity index (χ1) is 13.3. The molecule has 1 aliphatic heterocycles. The Bertz CT molecular complexity index is 932. The molecule has 2 heterocycles. The largest absolute Gasteiger partial charge is 0.484 e. The molecule has 0 saturated heterocycles. The summed E-state index contributed by atoms with van der Waals surface area (Å²) in [5.74, 6) is -1.18. The summed E-state index contributed by atoms with van der Waals surface area (Å²) < 4.78 is 11.0. The van der Waals surface area contributed by atoms with Crippen molar-refractivity contribution in [2.45, 2.75) is 19.9 Å². The highest BCUT2D eigenvalue weighted by Gasteiger charge is 2.28. The predicted molar refractivity (Wildman–Crippen MR) is 104 cm³/mol. The van der Waals surface area contributed by atoms with Crippen LogP contribution in [-0.2, 0) is 9.59 Å². The predicted octanol–water partition coefficient (Wildman–Crippen LogP) is 2.97. The molecule has 1 amide bonds. The summed E-state index contributed by atoms with van der Waals surface area (Å²) in [4.78, 5) is 36.4. The fourth-order valence-corrected chi connectivity index (χ4v) is 3.28. The van der Waals surface area contributed by atoms with Crippen LogP contribution in [0.2, 0.25) is 0 Å². The number of hydrogen-bond donors (Lipinski definition) is 2. The normalized spacial score (nSPS) is 15.2. The third-order valence-corrected chi connectivity index (χ3v) is 4.90. The highest BCUT2D eigenvalue weighted by molar-refractivity contribution is 7.10. The van der Waals surface area contributed by atoms with Gasteiger partial charge in [-0.15, -0.1) is 11.3 Å². The molecule has 0 radical (unpaired) electrons. The second-order valence-corrected chi connectivity index (χ2v) is 7.51. The van der Waals surface area contributed by atoms with Crippen molar-refractivity contribution in [2.24, 2.45) is 5.92 Å². The minimum Gasteiger partial charge on any atom is -0.484 e. The number of fused-ring (bicyclic) bond motifs is 1. The topological polar surface area (TPSA) is 102 Å². The SMILES string of the molecule is CC(C)[C@H](NC(=O)COc1ccc2c(c1)OC(=Cc1cccs1)C2=O)C(=O)O. The molecule has 146 valence electrons. The van der Waals surface area contributed by atoms with Gasteiger partial charge in [0.15, 0.2) is 12.4 Å². The maximum absolute atomic E-state index is 12.4. The van der Waals surface area contributed by atoms with Gasteiger partial charge in [0.2, 0.25) is 5.78 Å². The second kappa shape index (κ2) is 8.26. The van der Waals surface area contributed by atoms with Crippen molar-refractivity contribution in [3.63, 3.8) is 0 Å². The Labute approximate surface area is 165 Å². The minimum atomic E-state index is -1.10. The summed E-state index contributed by atoms with van der Waals surface area (Å²) in [5.41, 5.74) is 0.422. The molecule has 28 heavy (non-hydrogen) atoms. The molecule has 8 heteroatoms. The molecule has 0 saturated carbocycles. The number of carbonyl (C=O) groups excluding carboxylic acids is 2. The third-order valence-electron chi connectivity index (χ3n) is 4.08. The average molecular weight is 401 g/mol. The van der Waals surface area contributed by atoms with E-state index in [1.807, 2.05) is 17.5 Å². The number of allylic oxidation sites excluding steroid dienone is 1. The quantitative estimate of drug-likeness (QED) is 0.692. The van der Waals surface area contributed by atoms with Crippen LogP contribution in [0, 0.1) is 5.92 Å². The lowest BCUT2D eigenvalue weighted by Gasteiger charge is -2.18. The van der Waals surface area contributed by atoms with Crippen molar-refractivity contribution in [3.05, 3.63) is 51.9 Å². The standard InChI is InChI=1S/C20H19NO6S/c1-11(2)18(20(24)25)21-17(22)10-26-12-5-6-14-15(8-12)27-16(19(14)23)9-13-4-3-7-28-13/h3-9,11,18H,10H2,1-2H3,(H,21,22)(H,24,25)/t18-/m0/s1. The van der Waals surface area contributed by atoms with E-state index in [1.165, 1.54) is 17.4 Å². The molecule has 0 fully saturated rings. The van der Waals surface area contributed by atoms with Crippen LogP contribution in [0.5, 0.6) is 11.5 Å². The zero-order valence-corrected chi connectivity index (χ0v) is 16.1. The molecule has 1 aromatic carbocycles. The molecule has 1 aliphatic rings. The Morgan fingerprint density at radius 1 is 1.32 bits per heavy atom. The molecule has 2 N–H and O–H groups in total. The van der Waals surface area contributed by atoms with E-state index in [-0.39, 0.29) is 24.1 Å². The average Bonchev–Trinajstić information content (AvgIpc) is 3.26. The Kier molecular flexibility index (Phi) is 5.79. The smallest absolute Gasteiger partial charge is 0.326 e. The van der Waals surface area contributed by atoms with E-state index in [0.717, 1.165) is 4.88 Å². The first kappa shape index (κ1) is 19.6. The Balaban J connectivity index is 1.64. The summed E-state index contributed by atoms with van der Waals surface area (Å²) in [7, 11) is 0. The lowest BCUT2D eigenvalue weighted by atomic mass is 10.1. The number of nitrogens with one attached hydrogen (secondary N) is 1. The molecule has 0 aliphatic carbocycles. The Morgan fingerprint density at radius 2 is 2.11 bits per heavy atom.